The minimum atomic E-state index is -5.08. The molecule has 11 heteroatoms. The number of aliphatic carboxylic acids is 1. The van der Waals surface area contributed by atoms with Crippen LogP contribution in [-0.2, 0) is 22.7 Å². The first-order valence-corrected chi connectivity index (χ1v) is 11.0. The van der Waals surface area contributed by atoms with E-state index in [2.05, 4.69) is 10.3 Å². The normalized spacial score (nSPS) is 20.6. The molecular formula is C24H27F3N4O4. The third-order valence-electron chi connectivity index (χ3n) is 6.19. The Morgan fingerprint density at radius 3 is 2.43 bits per heavy atom. The van der Waals surface area contributed by atoms with Crippen molar-refractivity contribution in [3.05, 3.63) is 66.0 Å². The highest BCUT2D eigenvalue weighted by atomic mass is 19.4. The Hall–Kier alpha value is -3.63. The number of urea groups is 1. The molecule has 188 valence electrons. The van der Waals surface area contributed by atoms with Gasteiger partial charge in [-0.15, -0.1) is 0 Å². The number of amides is 3. The number of nitrogens with zero attached hydrogens (tertiary/aromatic N) is 3. The maximum atomic E-state index is 12.8. The molecule has 0 radical (unpaired) electrons. The molecule has 35 heavy (non-hydrogen) atoms. The van der Waals surface area contributed by atoms with Gasteiger partial charge >= 0.3 is 18.2 Å². The predicted molar refractivity (Wildman–Crippen MR) is 120 cm³/mol. The summed E-state index contributed by atoms with van der Waals surface area (Å²) in [7, 11) is 1.84. The number of carbonyl (C=O) groups excluding carboxylic acids is 2. The van der Waals surface area contributed by atoms with Gasteiger partial charge in [-0.1, -0.05) is 36.4 Å². The van der Waals surface area contributed by atoms with Gasteiger partial charge in [0.1, 0.15) is 0 Å². The van der Waals surface area contributed by atoms with Crippen LogP contribution in [0.3, 0.4) is 0 Å². The first-order valence-electron chi connectivity index (χ1n) is 11.0. The summed E-state index contributed by atoms with van der Waals surface area (Å²) in [5.74, 6) is -2.57. The number of hydrogen-bond acceptors (Lipinski definition) is 4. The topological polar surface area (TPSA) is 103 Å². The SMILES string of the molecule is CN(Cc1ccccn1)C(=O)C1CC12CCN(C(=O)NCc1ccccc1)C2.O=C(O)C(F)(F)F. The molecule has 2 N–H and O–H groups in total. The Labute approximate surface area is 200 Å². The van der Waals surface area contributed by atoms with Gasteiger partial charge in [-0.2, -0.15) is 13.2 Å². The Balaban J connectivity index is 0.000000429. The van der Waals surface area contributed by atoms with Gasteiger partial charge in [0.15, 0.2) is 0 Å². The Morgan fingerprint density at radius 2 is 1.83 bits per heavy atom. The van der Waals surface area contributed by atoms with Crippen molar-refractivity contribution < 1.29 is 32.7 Å². The molecule has 2 aliphatic rings. The average molecular weight is 492 g/mol. The molecule has 2 aromatic rings. The molecule has 4 rings (SSSR count). The summed E-state index contributed by atoms with van der Waals surface area (Å²) >= 11 is 0. The van der Waals surface area contributed by atoms with E-state index in [9.17, 15) is 22.8 Å². The van der Waals surface area contributed by atoms with E-state index in [1.807, 2.05) is 60.5 Å². The van der Waals surface area contributed by atoms with Crippen LogP contribution in [0.15, 0.2) is 54.7 Å². The number of pyridine rings is 1. The number of halogens is 3. The van der Waals surface area contributed by atoms with Crippen molar-refractivity contribution in [2.45, 2.75) is 32.1 Å². The maximum absolute atomic E-state index is 12.8. The van der Waals surface area contributed by atoms with Crippen LogP contribution in [0.4, 0.5) is 18.0 Å². The zero-order chi connectivity index (χ0) is 25.6. The Kier molecular flexibility index (Phi) is 7.98. The van der Waals surface area contributed by atoms with Crippen LogP contribution in [-0.4, -0.2) is 64.1 Å². The Bertz CT molecular complexity index is 1040. The van der Waals surface area contributed by atoms with Crippen molar-refractivity contribution in [1.29, 1.82) is 0 Å². The van der Waals surface area contributed by atoms with E-state index in [0.29, 0.717) is 26.2 Å². The fourth-order valence-electron chi connectivity index (χ4n) is 4.18. The monoisotopic (exact) mass is 492 g/mol. The van der Waals surface area contributed by atoms with Crippen molar-refractivity contribution in [3.63, 3.8) is 0 Å². The van der Waals surface area contributed by atoms with E-state index < -0.39 is 12.1 Å². The summed E-state index contributed by atoms with van der Waals surface area (Å²) in [4.78, 5) is 42.1. The summed E-state index contributed by atoms with van der Waals surface area (Å²) in [5.41, 5.74) is 1.95. The standard InChI is InChI=1S/C22H26N4O2.C2HF3O2/c1-25(15-18-9-5-6-11-23-18)20(27)19-13-22(19)10-12-26(16-22)21(28)24-14-17-7-3-2-4-8-17;3-2(4,5)1(6)7/h2-9,11,19H,10,12-16H2,1H3,(H,24,28);(H,6,7). The third-order valence-corrected chi connectivity index (χ3v) is 6.19. The van der Waals surface area contributed by atoms with E-state index in [0.717, 1.165) is 24.1 Å². The second kappa shape index (κ2) is 10.7. The second-order valence-electron chi connectivity index (χ2n) is 8.75. The highest BCUT2D eigenvalue weighted by Crippen LogP contribution is 2.59. The van der Waals surface area contributed by atoms with Crippen molar-refractivity contribution in [1.82, 2.24) is 20.1 Å². The number of carbonyl (C=O) groups is 3. The lowest BCUT2D eigenvalue weighted by Crippen LogP contribution is -2.38. The number of aromatic nitrogens is 1. The lowest BCUT2D eigenvalue weighted by molar-refractivity contribution is -0.192. The number of carboxylic acid groups (broad SMARTS) is 1. The quantitative estimate of drug-likeness (QED) is 0.667. The lowest BCUT2D eigenvalue weighted by Gasteiger charge is -2.20. The number of nitrogens with one attached hydrogen (secondary N) is 1. The van der Waals surface area contributed by atoms with Crippen molar-refractivity contribution >= 4 is 17.9 Å². The van der Waals surface area contributed by atoms with Crippen LogP contribution in [0.1, 0.15) is 24.1 Å². The molecule has 2 heterocycles. The number of carboxylic acids is 1. The van der Waals surface area contributed by atoms with Crippen molar-refractivity contribution in [2.75, 3.05) is 20.1 Å². The van der Waals surface area contributed by atoms with E-state index in [4.69, 9.17) is 9.90 Å². The summed E-state index contributed by atoms with van der Waals surface area (Å²) in [6.45, 7) is 2.43. The number of rotatable bonds is 5. The molecule has 1 aliphatic heterocycles. The van der Waals surface area contributed by atoms with Crippen LogP contribution in [0, 0.1) is 11.3 Å². The summed E-state index contributed by atoms with van der Waals surface area (Å²) in [5, 5.41) is 10.1. The molecule has 1 aromatic carbocycles. The fraction of sp³-hybridized carbons (Fsp3) is 0.417. The van der Waals surface area contributed by atoms with Gasteiger partial charge in [-0.3, -0.25) is 9.78 Å². The summed E-state index contributed by atoms with van der Waals surface area (Å²) in [6.07, 6.45) is -1.56. The third kappa shape index (κ3) is 6.93. The molecule has 2 atom stereocenters. The zero-order valence-corrected chi connectivity index (χ0v) is 19.2. The lowest BCUT2D eigenvalue weighted by atomic mass is 10.0. The highest BCUT2D eigenvalue weighted by molar-refractivity contribution is 5.83. The van der Waals surface area contributed by atoms with Crippen molar-refractivity contribution in [2.24, 2.45) is 11.3 Å². The van der Waals surface area contributed by atoms with Crippen LogP contribution in [0.5, 0.6) is 0 Å². The fourth-order valence-corrected chi connectivity index (χ4v) is 4.18. The molecular weight excluding hydrogens is 465 g/mol. The first kappa shape index (κ1) is 26.0. The molecule has 2 unspecified atom stereocenters. The second-order valence-corrected chi connectivity index (χ2v) is 8.75. The number of alkyl halides is 3. The van der Waals surface area contributed by atoms with Gasteiger partial charge in [0.2, 0.25) is 5.91 Å². The van der Waals surface area contributed by atoms with E-state index in [1.165, 1.54) is 0 Å². The molecule has 1 spiro atoms. The number of benzene rings is 1. The number of likely N-dealkylation sites (tertiary alicyclic amines) is 1. The highest BCUT2D eigenvalue weighted by Gasteiger charge is 2.61. The largest absolute Gasteiger partial charge is 0.490 e. The molecule has 2 fully saturated rings. The van der Waals surface area contributed by atoms with E-state index >= 15 is 0 Å². The maximum Gasteiger partial charge on any atom is 0.490 e. The first-order chi connectivity index (χ1) is 16.5. The molecule has 8 nitrogen and oxygen atoms in total. The number of hydrogen-bond donors (Lipinski definition) is 2. The molecule has 1 saturated heterocycles. The summed E-state index contributed by atoms with van der Waals surface area (Å²) in [6, 6.07) is 15.6. The van der Waals surface area contributed by atoms with E-state index in [-0.39, 0.29) is 23.3 Å². The average Bonchev–Trinajstić information content (AvgIpc) is 3.36. The zero-order valence-electron chi connectivity index (χ0n) is 19.2. The summed E-state index contributed by atoms with van der Waals surface area (Å²) < 4.78 is 31.7. The molecule has 1 saturated carbocycles. The van der Waals surface area contributed by atoms with Gasteiger partial charge < -0.3 is 20.2 Å². The Morgan fingerprint density at radius 1 is 1.17 bits per heavy atom. The predicted octanol–water partition coefficient (Wildman–Crippen LogP) is 3.30. The van der Waals surface area contributed by atoms with Crippen LogP contribution in [0.25, 0.3) is 0 Å². The minimum absolute atomic E-state index is 0.0214. The van der Waals surface area contributed by atoms with E-state index in [1.54, 1.807) is 11.1 Å². The van der Waals surface area contributed by atoms with Crippen LogP contribution in [0.2, 0.25) is 0 Å². The van der Waals surface area contributed by atoms with Crippen molar-refractivity contribution in [3.8, 4) is 0 Å². The van der Waals surface area contributed by atoms with Gasteiger partial charge in [0, 0.05) is 44.2 Å². The van der Waals surface area contributed by atoms with Gasteiger partial charge in [0.25, 0.3) is 0 Å². The molecule has 0 bridgehead atoms. The molecule has 1 aromatic heterocycles. The van der Waals surface area contributed by atoms with Crippen LogP contribution >= 0.6 is 0 Å². The van der Waals surface area contributed by atoms with Gasteiger partial charge in [-0.25, -0.2) is 9.59 Å². The smallest absolute Gasteiger partial charge is 0.475 e. The molecule has 1 aliphatic carbocycles. The van der Waals surface area contributed by atoms with Crippen LogP contribution < -0.4 is 5.32 Å². The van der Waals surface area contributed by atoms with Gasteiger partial charge in [-0.05, 0) is 30.5 Å². The molecule has 3 amide bonds. The van der Waals surface area contributed by atoms with Gasteiger partial charge in [0.05, 0.1) is 12.2 Å². The minimum Gasteiger partial charge on any atom is -0.475 e.